The van der Waals surface area contributed by atoms with Crippen molar-refractivity contribution < 1.29 is 14.3 Å². The van der Waals surface area contributed by atoms with Gasteiger partial charge in [0.25, 0.3) is 0 Å². The SMILES string of the molecule is COc1ccc(C2(C(=O)Nc3ccc(OCc4ccccc4)c(C)c3)CCCC2)cc1. The highest BCUT2D eigenvalue weighted by molar-refractivity contribution is 5.99. The van der Waals surface area contributed by atoms with E-state index in [9.17, 15) is 4.79 Å². The van der Waals surface area contributed by atoms with Crippen molar-refractivity contribution in [2.24, 2.45) is 0 Å². The van der Waals surface area contributed by atoms with Gasteiger partial charge in [-0.05, 0) is 66.8 Å². The molecular weight excluding hydrogens is 386 g/mol. The van der Waals surface area contributed by atoms with Crippen molar-refractivity contribution in [1.82, 2.24) is 0 Å². The van der Waals surface area contributed by atoms with Gasteiger partial charge in [0, 0.05) is 5.69 Å². The number of rotatable bonds is 7. The molecular formula is C27H29NO3. The van der Waals surface area contributed by atoms with Crippen molar-refractivity contribution in [3.8, 4) is 11.5 Å². The monoisotopic (exact) mass is 415 g/mol. The Kier molecular flexibility index (Phi) is 6.26. The number of nitrogens with one attached hydrogen (secondary N) is 1. The van der Waals surface area contributed by atoms with Crippen LogP contribution < -0.4 is 14.8 Å². The smallest absolute Gasteiger partial charge is 0.235 e. The molecule has 0 aliphatic heterocycles. The van der Waals surface area contributed by atoms with Crippen LogP contribution in [0, 0.1) is 6.92 Å². The number of aryl methyl sites for hydroxylation is 1. The van der Waals surface area contributed by atoms with Gasteiger partial charge in [0.1, 0.15) is 18.1 Å². The Bertz CT molecular complexity index is 1020. The van der Waals surface area contributed by atoms with Gasteiger partial charge in [0.05, 0.1) is 12.5 Å². The Morgan fingerprint density at radius 1 is 0.968 bits per heavy atom. The molecule has 0 atom stereocenters. The minimum Gasteiger partial charge on any atom is -0.497 e. The molecule has 4 heteroatoms. The molecule has 4 rings (SSSR count). The van der Waals surface area contributed by atoms with Crippen molar-refractivity contribution in [2.45, 2.75) is 44.6 Å². The van der Waals surface area contributed by atoms with Crippen LogP contribution in [0.5, 0.6) is 11.5 Å². The summed E-state index contributed by atoms with van der Waals surface area (Å²) >= 11 is 0. The summed E-state index contributed by atoms with van der Waals surface area (Å²) in [7, 11) is 1.66. The molecule has 0 saturated heterocycles. The van der Waals surface area contributed by atoms with Crippen molar-refractivity contribution >= 4 is 11.6 Å². The minimum absolute atomic E-state index is 0.0625. The second-order valence-corrected chi connectivity index (χ2v) is 8.23. The lowest BCUT2D eigenvalue weighted by molar-refractivity contribution is -0.121. The number of carbonyl (C=O) groups excluding carboxylic acids is 1. The molecule has 0 radical (unpaired) electrons. The Labute approximate surface area is 184 Å². The molecule has 1 saturated carbocycles. The molecule has 3 aromatic carbocycles. The van der Waals surface area contributed by atoms with E-state index in [0.29, 0.717) is 6.61 Å². The van der Waals surface area contributed by atoms with Gasteiger partial charge in [0.2, 0.25) is 5.91 Å². The third kappa shape index (κ3) is 4.58. The Morgan fingerprint density at radius 2 is 1.68 bits per heavy atom. The van der Waals surface area contributed by atoms with Crippen LogP contribution in [0.25, 0.3) is 0 Å². The topological polar surface area (TPSA) is 47.6 Å². The van der Waals surface area contributed by atoms with Gasteiger partial charge in [0.15, 0.2) is 0 Å². The quantitative estimate of drug-likeness (QED) is 0.512. The van der Waals surface area contributed by atoms with Gasteiger partial charge < -0.3 is 14.8 Å². The van der Waals surface area contributed by atoms with E-state index in [4.69, 9.17) is 9.47 Å². The number of amides is 1. The van der Waals surface area contributed by atoms with Gasteiger partial charge in [-0.25, -0.2) is 0 Å². The predicted octanol–water partition coefficient (Wildman–Crippen LogP) is 6.03. The fraction of sp³-hybridized carbons (Fsp3) is 0.296. The lowest BCUT2D eigenvalue weighted by Gasteiger charge is -2.28. The molecule has 1 aliphatic carbocycles. The van der Waals surface area contributed by atoms with Crippen molar-refractivity contribution in [3.63, 3.8) is 0 Å². The molecule has 1 aliphatic rings. The molecule has 0 bridgehead atoms. The van der Waals surface area contributed by atoms with E-state index < -0.39 is 5.41 Å². The number of anilines is 1. The van der Waals surface area contributed by atoms with Gasteiger partial charge in [-0.1, -0.05) is 55.3 Å². The molecule has 4 nitrogen and oxygen atoms in total. The number of benzene rings is 3. The molecule has 1 fully saturated rings. The largest absolute Gasteiger partial charge is 0.497 e. The van der Waals surface area contributed by atoms with E-state index in [2.05, 4.69) is 5.32 Å². The fourth-order valence-corrected chi connectivity index (χ4v) is 4.41. The van der Waals surface area contributed by atoms with Gasteiger partial charge in [-0.2, -0.15) is 0 Å². The summed E-state index contributed by atoms with van der Waals surface area (Å²) in [5, 5.41) is 3.17. The average Bonchev–Trinajstić information content (AvgIpc) is 3.31. The van der Waals surface area contributed by atoms with E-state index in [1.165, 1.54) is 0 Å². The van der Waals surface area contributed by atoms with Crippen LogP contribution in [0.1, 0.15) is 42.4 Å². The highest BCUT2D eigenvalue weighted by Crippen LogP contribution is 2.42. The third-order valence-electron chi connectivity index (χ3n) is 6.20. The number of ether oxygens (including phenoxy) is 2. The summed E-state index contributed by atoms with van der Waals surface area (Å²) in [5.41, 5.74) is 3.50. The Morgan fingerprint density at radius 3 is 2.32 bits per heavy atom. The minimum atomic E-state index is -0.483. The normalized spacial score (nSPS) is 14.8. The van der Waals surface area contributed by atoms with Gasteiger partial charge in [-0.15, -0.1) is 0 Å². The summed E-state index contributed by atoms with van der Waals surface area (Å²) in [6.07, 6.45) is 3.85. The second-order valence-electron chi connectivity index (χ2n) is 8.23. The van der Waals surface area contributed by atoms with E-state index >= 15 is 0 Å². The number of hydrogen-bond acceptors (Lipinski definition) is 3. The Hall–Kier alpha value is -3.27. The molecule has 3 aromatic rings. The predicted molar refractivity (Wildman–Crippen MR) is 124 cm³/mol. The highest BCUT2D eigenvalue weighted by atomic mass is 16.5. The molecule has 1 amide bonds. The van der Waals surface area contributed by atoms with Gasteiger partial charge in [-0.3, -0.25) is 4.79 Å². The summed E-state index contributed by atoms with van der Waals surface area (Å²) < 4.78 is 11.2. The zero-order valence-electron chi connectivity index (χ0n) is 18.2. The van der Waals surface area contributed by atoms with Crippen LogP contribution in [-0.2, 0) is 16.8 Å². The van der Waals surface area contributed by atoms with E-state index in [-0.39, 0.29) is 5.91 Å². The van der Waals surface area contributed by atoms with Crippen LogP contribution in [0.2, 0.25) is 0 Å². The van der Waals surface area contributed by atoms with E-state index in [1.54, 1.807) is 7.11 Å². The van der Waals surface area contributed by atoms with Crippen LogP contribution in [0.4, 0.5) is 5.69 Å². The first-order valence-corrected chi connectivity index (χ1v) is 10.8. The first-order chi connectivity index (χ1) is 15.1. The number of carbonyl (C=O) groups is 1. The molecule has 0 spiro atoms. The van der Waals surface area contributed by atoms with E-state index in [0.717, 1.165) is 59.6 Å². The zero-order valence-corrected chi connectivity index (χ0v) is 18.2. The van der Waals surface area contributed by atoms with Crippen molar-refractivity contribution in [2.75, 3.05) is 12.4 Å². The van der Waals surface area contributed by atoms with Gasteiger partial charge >= 0.3 is 0 Å². The highest BCUT2D eigenvalue weighted by Gasteiger charge is 2.42. The first kappa shape index (κ1) is 21.0. The standard InChI is InChI=1S/C27H29NO3/c1-20-18-23(12-15-25(20)31-19-21-8-4-3-5-9-21)28-26(29)27(16-6-7-17-27)22-10-13-24(30-2)14-11-22/h3-5,8-15,18H,6-7,16-17,19H2,1-2H3,(H,28,29). The summed E-state index contributed by atoms with van der Waals surface area (Å²) in [5.74, 6) is 1.69. The average molecular weight is 416 g/mol. The summed E-state index contributed by atoms with van der Waals surface area (Å²) in [6, 6.07) is 23.9. The summed E-state index contributed by atoms with van der Waals surface area (Å²) in [6.45, 7) is 2.53. The first-order valence-electron chi connectivity index (χ1n) is 10.8. The maximum atomic E-state index is 13.4. The number of hydrogen-bond donors (Lipinski definition) is 1. The molecule has 160 valence electrons. The van der Waals surface area contributed by atoms with Crippen LogP contribution in [-0.4, -0.2) is 13.0 Å². The van der Waals surface area contributed by atoms with Crippen molar-refractivity contribution in [3.05, 3.63) is 89.5 Å². The van der Waals surface area contributed by atoms with E-state index in [1.807, 2.05) is 79.7 Å². The molecule has 0 unspecified atom stereocenters. The second kappa shape index (κ2) is 9.25. The van der Waals surface area contributed by atoms with Crippen LogP contribution in [0.3, 0.4) is 0 Å². The molecule has 31 heavy (non-hydrogen) atoms. The third-order valence-corrected chi connectivity index (χ3v) is 6.20. The Balaban J connectivity index is 1.48. The molecule has 0 heterocycles. The molecule has 0 aromatic heterocycles. The summed E-state index contributed by atoms with van der Waals surface area (Å²) in [4.78, 5) is 13.4. The maximum absolute atomic E-state index is 13.4. The van der Waals surface area contributed by atoms with Crippen molar-refractivity contribution in [1.29, 1.82) is 0 Å². The fourth-order valence-electron chi connectivity index (χ4n) is 4.41. The zero-order chi connectivity index (χ0) is 21.7. The molecule has 1 N–H and O–H groups in total. The maximum Gasteiger partial charge on any atom is 0.235 e. The van der Waals surface area contributed by atoms with Crippen LogP contribution >= 0.6 is 0 Å². The lowest BCUT2D eigenvalue weighted by Crippen LogP contribution is -2.38. The lowest BCUT2D eigenvalue weighted by atomic mass is 9.78. The number of methoxy groups -OCH3 is 1. The van der Waals surface area contributed by atoms with Crippen LogP contribution in [0.15, 0.2) is 72.8 Å².